The van der Waals surface area contributed by atoms with Crippen LogP contribution >= 0.6 is 0 Å². The third-order valence-corrected chi connectivity index (χ3v) is 3.88. The van der Waals surface area contributed by atoms with Crippen LogP contribution < -0.4 is 0 Å². The first-order valence-electron chi connectivity index (χ1n) is 7.22. The Bertz CT molecular complexity index is 649. The monoisotopic (exact) mass is 265 g/mol. The molecule has 0 atom stereocenters. The van der Waals surface area contributed by atoms with Gasteiger partial charge in [0.2, 0.25) is 5.78 Å². The lowest BCUT2D eigenvalue weighted by Crippen LogP contribution is -2.12. The second-order valence-electron chi connectivity index (χ2n) is 5.44. The minimum atomic E-state index is 0.114. The average Bonchev–Trinajstić information content (AvgIpc) is 2.83. The number of hydrogen-bond donors (Lipinski definition) is 0. The molecule has 3 rings (SSSR count). The van der Waals surface area contributed by atoms with Gasteiger partial charge in [0.15, 0.2) is 0 Å². The third kappa shape index (κ3) is 2.46. The van der Waals surface area contributed by atoms with Crippen molar-refractivity contribution in [2.45, 2.75) is 32.7 Å². The van der Waals surface area contributed by atoms with Crippen LogP contribution in [-0.4, -0.2) is 10.4 Å². The summed E-state index contributed by atoms with van der Waals surface area (Å²) in [4.78, 5) is 12.6. The summed E-state index contributed by atoms with van der Waals surface area (Å²) in [6, 6.07) is 13.5. The molecule has 2 nitrogen and oxygen atoms in total. The molecule has 0 radical (unpaired) electrons. The van der Waals surface area contributed by atoms with Crippen molar-refractivity contribution in [3.63, 3.8) is 0 Å². The zero-order chi connectivity index (χ0) is 13.9. The Morgan fingerprint density at radius 2 is 1.85 bits per heavy atom. The number of rotatable bonds is 2. The first kappa shape index (κ1) is 12.9. The van der Waals surface area contributed by atoms with E-state index in [9.17, 15) is 4.79 Å². The quantitative estimate of drug-likeness (QED) is 0.742. The molecule has 0 spiro atoms. The lowest BCUT2D eigenvalue weighted by Gasteiger charge is -2.14. The molecule has 0 fully saturated rings. The van der Waals surface area contributed by atoms with Gasteiger partial charge in [-0.15, -0.1) is 0 Å². The molecule has 0 bridgehead atoms. The maximum absolute atomic E-state index is 12.6. The molecule has 0 saturated carbocycles. The Morgan fingerprint density at radius 3 is 2.65 bits per heavy atom. The van der Waals surface area contributed by atoms with Crippen molar-refractivity contribution in [1.82, 2.24) is 4.57 Å². The lowest BCUT2D eigenvalue weighted by molar-refractivity contribution is 0.103. The van der Waals surface area contributed by atoms with Gasteiger partial charge in [0.25, 0.3) is 0 Å². The summed E-state index contributed by atoms with van der Waals surface area (Å²) in [5.74, 6) is 0.114. The van der Waals surface area contributed by atoms with Crippen molar-refractivity contribution >= 4 is 11.9 Å². The van der Waals surface area contributed by atoms with Crippen molar-refractivity contribution in [1.29, 1.82) is 0 Å². The lowest BCUT2D eigenvalue weighted by atomic mass is 10.1. The van der Waals surface area contributed by atoms with Gasteiger partial charge >= 0.3 is 0 Å². The van der Waals surface area contributed by atoms with Crippen LogP contribution in [0.1, 0.15) is 47.9 Å². The Labute approximate surface area is 119 Å². The number of hydrogen-bond acceptors (Lipinski definition) is 1. The minimum absolute atomic E-state index is 0.114. The van der Waals surface area contributed by atoms with E-state index < -0.39 is 0 Å². The van der Waals surface area contributed by atoms with Crippen LogP contribution in [0.4, 0.5) is 0 Å². The molecule has 2 heterocycles. The van der Waals surface area contributed by atoms with E-state index in [-0.39, 0.29) is 5.78 Å². The molecule has 1 aromatic carbocycles. The summed E-state index contributed by atoms with van der Waals surface area (Å²) in [6.07, 6.45) is 5.69. The van der Waals surface area contributed by atoms with Gasteiger partial charge in [-0.2, -0.15) is 0 Å². The molecule has 1 aromatic heterocycles. The highest BCUT2D eigenvalue weighted by molar-refractivity contribution is 6.08. The molecule has 0 amide bonds. The fraction of sp³-hybridized carbons (Fsp3) is 0.278. The van der Waals surface area contributed by atoms with Gasteiger partial charge in [-0.05, 0) is 44.4 Å². The average molecular weight is 265 g/mol. The number of carbonyl (C=O) groups excluding carboxylic acids is 1. The molecule has 2 aromatic rings. The second kappa shape index (κ2) is 5.49. The van der Waals surface area contributed by atoms with E-state index in [0.29, 0.717) is 0 Å². The predicted molar refractivity (Wildman–Crippen MR) is 81.8 cm³/mol. The maximum Gasteiger partial charge on any atom is 0.209 e. The largest absolute Gasteiger partial charge is 0.338 e. The predicted octanol–water partition coefficient (Wildman–Crippen LogP) is 4.31. The molecule has 0 saturated heterocycles. The highest BCUT2D eigenvalue weighted by atomic mass is 16.1. The van der Waals surface area contributed by atoms with Crippen molar-refractivity contribution in [3.05, 3.63) is 65.0 Å². The third-order valence-electron chi connectivity index (χ3n) is 3.88. The maximum atomic E-state index is 12.6. The molecular weight excluding hydrogens is 246 g/mol. The molecule has 1 aliphatic rings. The van der Waals surface area contributed by atoms with E-state index in [1.807, 2.05) is 36.4 Å². The van der Waals surface area contributed by atoms with Crippen molar-refractivity contribution in [2.24, 2.45) is 0 Å². The summed E-state index contributed by atoms with van der Waals surface area (Å²) in [5, 5.41) is 0. The smallest absolute Gasteiger partial charge is 0.209 e. The summed E-state index contributed by atoms with van der Waals surface area (Å²) in [7, 11) is 0. The van der Waals surface area contributed by atoms with Crippen LogP contribution in [0.25, 0.3) is 6.08 Å². The van der Waals surface area contributed by atoms with Crippen molar-refractivity contribution in [3.8, 4) is 0 Å². The second-order valence-corrected chi connectivity index (χ2v) is 5.44. The topological polar surface area (TPSA) is 22.0 Å². The Morgan fingerprint density at radius 1 is 1.05 bits per heavy atom. The van der Waals surface area contributed by atoms with E-state index in [1.165, 1.54) is 12.0 Å². The van der Waals surface area contributed by atoms with E-state index in [4.69, 9.17) is 0 Å². The van der Waals surface area contributed by atoms with Crippen LogP contribution in [0.15, 0.2) is 48.0 Å². The number of ketones is 1. The zero-order valence-electron chi connectivity index (χ0n) is 11.8. The fourth-order valence-electron chi connectivity index (χ4n) is 2.79. The van der Waals surface area contributed by atoms with E-state index in [0.717, 1.165) is 36.3 Å². The summed E-state index contributed by atoms with van der Waals surface area (Å²) in [6.45, 7) is 3.10. The van der Waals surface area contributed by atoms with Crippen molar-refractivity contribution in [2.75, 3.05) is 0 Å². The van der Waals surface area contributed by atoms with Gasteiger partial charge in [0.1, 0.15) is 0 Å². The molecule has 0 N–H and O–H groups in total. The number of fused-ring (bicyclic) bond motifs is 1. The summed E-state index contributed by atoms with van der Waals surface area (Å²) < 4.78 is 2.16. The van der Waals surface area contributed by atoms with E-state index >= 15 is 0 Å². The number of carbonyl (C=O) groups is 1. The Balaban J connectivity index is 2.02. The minimum Gasteiger partial charge on any atom is -0.338 e. The fourth-order valence-corrected chi connectivity index (χ4v) is 2.79. The Hall–Kier alpha value is -2.09. The first-order chi connectivity index (χ1) is 9.75. The molecule has 2 heteroatoms. The van der Waals surface area contributed by atoms with Crippen molar-refractivity contribution < 1.29 is 4.79 Å². The van der Waals surface area contributed by atoms with Crippen LogP contribution in [0.3, 0.4) is 0 Å². The Kier molecular flexibility index (Phi) is 3.55. The highest BCUT2D eigenvalue weighted by Crippen LogP contribution is 2.22. The number of aromatic nitrogens is 1. The molecule has 0 aliphatic carbocycles. The molecule has 0 unspecified atom stereocenters. The zero-order valence-corrected chi connectivity index (χ0v) is 11.8. The van der Waals surface area contributed by atoms with Gasteiger partial charge in [-0.3, -0.25) is 4.79 Å². The summed E-state index contributed by atoms with van der Waals surface area (Å²) in [5.41, 5.74) is 4.11. The molecule has 102 valence electrons. The van der Waals surface area contributed by atoms with Crippen LogP contribution in [0.5, 0.6) is 0 Å². The van der Waals surface area contributed by atoms with Crippen LogP contribution in [-0.2, 0) is 6.54 Å². The highest BCUT2D eigenvalue weighted by Gasteiger charge is 2.16. The SMILES string of the molecule is C/C1=C/c2ccc(C(=O)c3ccccc3)n2CCCC1. The van der Waals surface area contributed by atoms with Crippen LogP contribution in [0, 0.1) is 0 Å². The van der Waals surface area contributed by atoms with Gasteiger partial charge < -0.3 is 4.57 Å². The van der Waals surface area contributed by atoms with Gasteiger partial charge in [0.05, 0.1) is 5.69 Å². The molecule has 1 aliphatic heterocycles. The van der Waals surface area contributed by atoms with Gasteiger partial charge in [-0.1, -0.05) is 35.9 Å². The molecular formula is C18H19NO. The normalized spacial score (nSPS) is 17.6. The van der Waals surface area contributed by atoms with E-state index in [2.05, 4.69) is 23.6 Å². The van der Waals surface area contributed by atoms with E-state index in [1.54, 1.807) is 0 Å². The van der Waals surface area contributed by atoms with Crippen LogP contribution in [0.2, 0.25) is 0 Å². The first-order valence-corrected chi connectivity index (χ1v) is 7.22. The van der Waals surface area contributed by atoms with Gasteiger partial charge in [0, 0.05) is 17.8 Å². The standard InChI is InChI=1S/C18H19NO/c1-14-7-5-6-12-19-16(13-14)10-11-17(19)18(20)15-8-3-2-4-9-15/h2-4,8-11,13H,5-7,12H2,1H3/b14-13-. The summed E-state index contributed by atoms with van der Waals surface area (Å²) >= 11 is 0. The number of nitrogens with zero attached hydrogens (tertiary/aromatic N) is 1. The van der Waals surface area contributed by atoms with Gasteiger partial charge in [-0.25, -0.2) is 0 Å². The molecule has 20 heavy (non-hydrogen) atoms. The number of allylic oxidation sites excluding steroid dienone is 1. The number of benzene rings is 1.